The first-order chi connectivity index (χ1) is 13.5. The summed E-state index contributed by atoms with van der Waals surface area (Å²) in [6, 6.07) is 16.7. The van der Waals surface area contributed by atoms with Crippen LogP contribution in [-0.2, 0) is 15.1 Å². The molecule has 1 aliphatic carbocycles. The summed E-state index contributed by atoms with van der Waals surface area (Å²) in [6.07, 6.45) is 3.39. The molecule has 0 bridgehead atoms. The van der Waals surface area contributed by atoms with E-state index in [1.807, 2.05) is 42.5 Å². The number of amides is 1. The average Bonchev–Trinajstić information content (AvgIpc) is 3.12. The third-order valence-electron chi connectivity index (χ3n) is 5.70. The van der Waals surface area contributed by atoms with Crippen molar-refractivity contribution < 1.29 is 14.3 Å². The fourth-order valence-electron chi connectivity index (χ4n) is 4.42. The van der Waals surface area contributed by atoms with E-state index in [0.717, 1.165) is 14.8 Å². The van der Waals surface area contributed by atoms with E-state index in [1.54, 1.807) is 24.3 Å². The number of hydrogen-bond donors (Lipinski definition) is 2. The molecule has 2 atom stereocenters. The van der Waals surface area contributed by atoms with Gasteiger partial charge < -0.3 is 10.1 Å². The first-order valence-corrected chi connectivity index (χ1v) is 9.89. The van der Waals surface area contributed by atoms with Gasteiger partial charge in [-0.2, -0.15) is 0 Å². The van der Waals surface area contributed by atoms with Crippen molar-refractivity contribution in [2.45, 2.75) is 5.54 Å². The van der Waals surface area contributed by atoms with Gasteiger partial charge in [0.15, 0.2) is 11.2 Å². The summed E-state index contributed by atoms with van der Waals surface area (Å²) in [4.78, 5) is 26.7. The van der Waals surface area contributed by atoms with Gasteiger partial charge >= 0.3 is 0 Å². The maximum Gasteiger partial charge on any atom is 0.258 e. The Balaban J connectivity index is 1.64. The number of nitrogens with one attached hydrogen (secondary N) is 1. The predicted molar refractivity (Wildman–Crippen MR) is 112 cm³/mol. The van der Waals surface area contributed by atoms with Gasteiger partial charge in [-0.3, -0.25) is 14.6 Å². The Bertz CT molecular complexity index is 1080. The lowest BCUT2D eigenvalue weighted by molar-refractivity contribution is -0.188. The molecule has 1 fully saturated rings. The quantitative estimate of drug-likeness (QED) is 0.225. The van der Waals surface area contributed by atoms with Crippen molar-refractivity contribution in [1.82, 2.24) is 5.01 Å². The van der Waals surface area contributed by atoms with Gasteiger partial charge in [-0.25, -0.2) is 5.84 Å². The minimum atomic E-state index is -1.42. The van der Waals surface area contributed by atoms with Gasteiger partial charge in [0, 0.05) is 21.4 Å². The average molecular weight is 485 g/mol. The molecule has 28 heavy (non-hydrogen) atoms. The second kappa shape index (κ2) is 5.92. The summed E-state index contributed by atoms with van der Waals surface area (Å²) in [5.74, 6) is 6.07. The van der Waals surface area contributed by atoms with Crippen LogP contribution in [0.15, 0.2) is 76.1 Å². The van der Waals surface area contributed by atoms with Crippen LogP contribution in [-0.4, -0.2) is 23.2 Å². The maximum absolute atomic E-state index is 13.6. The Morgan fingerprint density at radius 2 is 1.79 bits per heavy atom. The van der Waals surface area contributed by atoms with E-state index >= 15 is 0 Å². The Hall–Kier alpha value is -2.65. The fraction of sp³-hybridized carbons (Fsp3) is 0.143. The minimum absolute atomic E-state index is 0.142. The molecule has 1 saturated heterocycles. The number of benzene rings is 2. The van der Waals surface area contributed by atoms with Crippen LogP contribution in [0.2, 0.25) is 0 Å². The van der Waals surface area contributed by atoms with Crippen LogP contribution in [0.25, 0.3) is 0 Å². The van der Waals surface area contributed by atoms with Gasteiger partial charge in [-0.15, -0.1) is 0 Å². The number of anilines is 1. The molecule has 6 nitrogen and oxygen atoms in total. The topological polar surface area (TPSA) is 84.7 Å². The van der Waals surface area contributed by atoms with Crippen LogP contribution < -0.4 is 15.9 Å². The summed E-state index contributed by atoms with van der Waals surface area (Å²) in [7, 11) is 0. The molecule has 3 N–H and O–H groups in total. The number of ether oxygens (including phenoxy) is 1. The van der Waals surface area contributed by atoms with Gasteiger partial charge in [0.05, 0.1) is 0 Å². The monoisotopic (exact) mass is 485 g/mol. The van der Waals surface area contributed by atoms with E-state index in [9.17, 15) is 9.59 Å². The molecule has 0 radical (unpaired) electrons. The molecular formula is C21H16IN3O3. The lowest BCUT2D eigenvalue weighted by Gasteiger charge is -2.59. The Kier molecular flexibility index (Phi) is 3.69. The fourth-order valence-corrected chi connectivity index (χ4v) is 5.17. The highest BCUT2D eigenvalue weighted by atomic mass is 127. The van der Waals surface area contributed by atoms with Crippen LogP contribution in [0.4, 0.5) is 5.69 Å². The van der Waals surface area contributed by atoms with E-state index < -0.39 is 16.9 Å². The number of carbonyl (C=O) groups is 2. The van der Waals surface area contributed by atoms with E-state index in [-0.39, 0.29) is 11.5 Å². The number of Topliss-reactive ketones (excluding diaryl/α,β-unsaturated/α-hetero) is 1. The van der Waals surface area contributed by atoms with Crippen LogP contribution >= 0.6 is 22.6 Å². The third kappa shape index (κ3) is 2.00. The largest absolute Gasteiger partial charge is 0.454 e. The normalized spacial score (nSPS) is 27.9. The van der Waals surface area contributed by atoms with Gasteiger partial charge in [0.1, 0.15) is 11.3 Å². The number of nitrogens with two attached hydrogens (primary N) is 1. The molecule has 2 heterocycles. The van der Waals surface area contributed by atoms with Crippen molar-refractivity contribution in [3.05, 3.63) is 81.7 Å². The van der Waals surface area contributed by atoms with Crippen LogP contribution in [0.5, 0.6) is 5.75 Å². The van der Waals surface area contributed by atoms with Gasteiger partial charge in [0.2, 0.25) is 5.78 Å². The van der Waals surface area contributed by atoms with Gasteiger partial charge in [-0.05, 0) is 52.9 Å². The Morgan fingerprint density at radius 1 is 1.07 bits per heavy atom. The molecule has 1 amide bonds. The Labute approximate surface area is 175 Å². The predicted octanol–water partition coefficient (Wildman–Crippen LogP) is 2.87. The zero-order chi connectivity index (χ0) is 19.5. The third-order valence-corrected chi connectivity index (χ3v) is 6.33. The summed E-state index contributed by atoms with van der Waals surface area (Å²) < 4.78 is 6.64. The van der Waals surface area contributed by atoms with E-state index in [2.05, 4.69) is 27.9 Å². The van der Waals surface area contributed by atoms with Crippen LogP contribution in [0.1, 0.15) is 5.56 Å². The first kappa shape index (κ1) is 17.4. The highest BCUT2D eigenvalue weighted by Crippen LogP contribution is 2.61. The molecule has 140 valence electrons. The maximum atomic E-state index is 13.6. The lowest BCUT2D eigenvalue weighted by atomic mass is 9.55. The number of ketones is 1. The van der Waals surface area contributed by atoms with Crippen molar-refractivity contribution in [3.8, 4) is 5.75 Å². The summed E-state index contributed by atoms with van der Waals surface area (Å²) >= 11 is 2.11. The molecule has 0 saturated carbocycles. The number of halogens is 1. The Morgan fingerprint density at radius 3 is 2.57 bits per heavy atom. The van der Waals surface area contributed by atoms with Crippen molar-refractivity contribution in [1.29, 1.82) is 0 Å². The molecule has 2 unspecified atom stereocenters. The summed E-state index contributed by atoms with van der Waals surface area (Å²) in [5, 5.41) is 4.49. The molecule has 7 heteroatoms. The highest BCUT2D eigenvalue weighted by molar-refractivity contribution is 14.1. The van der Waals surface area contributed by atoms with E-state index in [1.165, 1.54) is 5.01 Å². The number of hydrogen-bond acceptors (Lipinski definition) is 5. The summed E-state index contributed by atoms with van der Waals surface area (Å²) in [6.45, 7) is 0.360. The van der Waals surface area contributed by atoms with Crippen molar-refractivity contribution in [2.24, 2.45) is 11.3 Å². The number of carbonyl (C=O) groups excluding carboxylic acids is 2. The number of β-lactam (4-membered cyclic amide) rings is 1. The zero-order valence-electron chi connectivity index (χ0n) is 14.7. The lowest BCUT2D eigenvalue weighted by Crippen LogP contribution is -2.81. The van der Waals surface area contributed by atoms with Crippen molar-refractivity contribution in [2.75, 3.05) is 11.9 Å². The second-order valence-corrected chi connectivity index (χ2v) is 8.27. The molecule has 2 aliphatic heterocycles. The molecule has 2 spiro atoms. The number of nitrogens with zero attached hydrogens (tertiary/aromatic N) is 1. The molecule has 3 aliphatic rings. The smallest absolute Gasteiger partial charge is 0.258 e. The number of hydrazine groups is 1. The SMILES string of the molecule is NN1C(=O)C2(C=C(I)C=C(Oc3ccccc3)C2=O)C12CNc1ccccc12. The number of rotatable bonds is 2. The number of allylic oxidation sites excluding steroid dienone is 3. The van der Waals surface area contributed by atoms with E-state index in [4.69, 9.17) is 10.6 Å². The van der Waals surface area contributed by atoms with Crippen LogP contribution in [0.3, 0.4) is 0 Å². The number of fused-ring (bicyclic) bond motifs is 3. The molecule has 2 aromatic carbocycles. The van der Waals surface area contributed by atoms with Gasteiger partial charge in [0.25, 0.3) is 5.91 Å². The standard InChI is InChI=1S/C21H16IN3O3/c22-13-10-17(28-14-6-2-1-3-7-14)18(26)20(11-13)19(27)25(23)21(20)12-24-16-9-5-4-8-15(16)21/h1-11,24H,12,23H2. The highest BCUT2D eigenvalue weighted by Gasteiger charge is 2.77. The number of para-hydroxylation sites is 2. The zero-order valence-corrected chi connectivity index (χ0v) is 16.8. The molecular weight excluding hydrogens is 469 g/mol. The van der Waals surface area contributed by atoms with Crippen molar-refractivity contribution in [3.63, 3.8) is 0 Å². The van der Waals surface area contributed by atoms with E-state index in [0.29, 0.717) is 12.3 Å². The second-order valence-electron chi connectivity index (χ2n) is 7.02. The van der Waals surface area contributed by atoms with Crippen LogP contribution in [0, 0.1) is 5.41 Å². The minimum Gasteiger partial charge on any atom is -0.454 e. The first-order valence-electron chi connectivity index (χ1n) is 8.81. The molecule has 2 aromatic rings. The summed E-state index contributed by atoms with van der Waals surface area (Å²) in [5.41, 5.74) is -0.683. The van der Waals surface area contributed by atoms with Gasteiger partial charge in [-0.1, -0.05) is 36.4 Å². The molecule has 5 rings (SSSR count). The molecule has 0 aromatic heterocycles. The van der Waals surface area contributed by atoms with Crippen molar-refractivity contribution >= 4 is 40.0 Å².